The van der Waals surface area contributed by atoms with Crippen LogP contribution in [0.15, 0.2) is 9.59 Å². The first-order valence-corrected chi connectivity index (χ1v) is 6.49. The first-order chi connectivity index (χ1) is 8.18. The molecular weight excluding hydrogens is 240 g/mol. The highest BCUT2D eigenvalue weighted by Gasteiger charge is 2.19. The minimum Gasteiger partial charge on any atom is -0.421 e. The lowest BCUT2D eigenvalue weighted by Crippen LogP contribution is -2.33. The summed E-state index contributed by atoms with van der Waals surface area (Å²) in [6.45, 7) is 0. The van der Waals surface area contributed by atoms with Gasteiger partial charge in [-0.2, -0.15) is 0 Å². The molecule has 0 aromatic carbocycles. The van der Waals surface area contributed by atoms with Crippen molar-refractivity contribution in [2.45, 2.75) is 32.1 Å². The Labute approximate surface area is 100 Å². The van der Waals surface area contributed by atoms with E-state index in [-0.39, 0.29) is 4.73 Å². The summed E-state index contributed by atoms with van der Waals surface area (Å²) in [6, 6.07) is 0. The van der Waals surface area contributed by atoms with E-state index in [4.69, 9.17) is 0 Å². The van der Waals surface area contributed by atoms with E-state index >= 15 is 0 Å². The Balaban J connectivity index is 2.42. The van der Waals surface area contributed by atoms with Crippen LogP contribution in [0.5, 0.6) is 0 Å². The lowest BCUT2D eigenvalue weighted by Gasteiger charge is -1.98. The average Bonchev–Trinajstić information content (AvgIpc) is 2.49. The van der Waals surface area contributed by atoms with Gasteiger partial charge in [-0.1, -0.05) is 11.2 Å². The summed E-state index contributed by atoms with van der Waals surface area (Å²) in [5.41, 5.74) is -0.339. The van der Waals surface area contributed by atoms with Crippen molar-refractivity contribution in [2.75, 3.05) is 0 Å². The van der Waals surface area contributed by atoms with Crippen molar-refractivity contribution >= 4 is 21.6 Å². The summed E-state index contributed by atoms with van der Waals surface area (Å²) in [7, 11) is 0. The van der Waals surface area contributed by atoms with E-state index in [0.29, 0.717) is 10.2 Å². The van der Waals surface area contributed by atoms with E-state index in [1.54, 1.807) is 0 Å². The van der Waals surface area contributed by atoms with Crippen LogP contribution in [0.25, 0.3) is 10.2 Å². The summed E-state index contributed by atoms with van der Waals surface area (Å²) < 4.78 is 0.167. The molecule has 90 valence electrons. The molecular formula is C11H12N2O3S. The molecule has 0 atom stereocenters. The third-order valence-corrected chi connectivity index (χ3v) is 4.45. The van der Waals surface area contributed by atoms with Gasteiger partial charge in [0.25, 0.3) is 5.56 Å². The third kappa shape index (κ3) is 1.51. The molecule has 0 aliphatic heterocycles. The molecule has 6 heteroatoms. The SMILES string of the molecule is O=c1[nH]c2sc3c(c2c(=O)n1O)CCCCC3. The van der Waals surface area contributed by atoms with Crippen LogP contribution in [0.3, 0.4) is 0 Å². The fourth-order valence-corrected chi connectivity index (χ4v) is 3.68. The molecule has 0 spiro atoms. The van der Waals surface area contributed by atoms with Gasteiger partial charge in [0, 0.05) is 4.88 Å². The molecule has 0 radical (unpaired) electrons. The van der Waals surface area contributed by atoms with Gasteiger partial charge in [-0.25, -0.2) is 4.79 Å². The largest absolute Gasteiger partial charge is 0.421 e. The number of aromatic amines is 1. The maximum Gasteiger partial charge on any atom is 0.362 e. The second kappa shape index (κ2) is 3.73. The fourth-order valence-electron chi connectivity index (χ4n) is 2.41. The molecule has 1 aliphatic rings. The highest BCUT2D eigenvalue weighted by atomic mass is 32.1. The van der Waals surface area contributed by atoms with Gasteiger partial charge < -0.3 is 5.21 Å². The van der Waals surface area contributed by atoms with Crippen molar-refractivity contribution < 1.29 is 5.21 Å². The van der Waals surface area contributed by atoms with Crippen LogP contribution in [0.2, 0.25) is 0 Å². The first kappa shape index (κ1) is 10.6. The molecule has 0 saturated carbocycles. The van der Waals surface area contributed by atoms with E-state index in [2.05, 4.69) is 4.98 Å². The van der Waals surface area contributed by atoms with E-state index in [0.717, 1.165) is 31.2 Å². The van der Waals surface area contributed by atoms with Gasteiger partial charge in [0.05, 0.1) is 5.39 Å². The van der Waals surface area contributed by atoms with E-state index < -0.39 is 11.2 Å². The molecule has 0 fully saturated rings. The Kier molecular flexibility index (Phi) is 2.32. The van der Waals surface area contributed by atoms with Crippen molar-refractivity contribution in [3.8, 4) is 0 Å². The zero-order valence-corrected chi connectivity index (χ0v) is 9.97. The summed E-state index contributed by atoms with van der Waals surface area (Å²) in [4.78, 5) is 27.5. The topological polar surface area (TPSA) is 75.1 Å². The quantitative estimate of drug-likeness (QED) is 0.547. The lowest BCUT2D eigenvalue weighted by atomic mass is 10.1. The normalized spacial score (nSPS) is 15.8. The number of aromatic nitrogens is 2. The number of nitrogens with zero attached hydrogens (tertiary/aromatic N) is 1. The van der Waals surface area contributed by atoms with Gasteiger partial charge in [-0.3, -0.25) is 9.78 Å². The van der Waals surface area contributed by atoms with Gasteiger partial charge in [0.15, 0.2) is 0 Å². The summed E-state index contributed by atoms with van der Waals surface area (Å²) >= 11 is 1.47. The van der Waals surface area contributed by atoms with Crippen molar-refractivity contribution in [1.82, 2.24) is 9.71 Å². The molecule has 2 heterocycles. The number of rotatable bonds is 0. The number of hydrogen-bond acceptors (Lipinski definition) is 4. The zero-order chi connectivity index (χ0) is 12.0. The van der Waals surface area contributed by atoms with Crippen LogP contribution >= 0.6 is 11.3 Å². The number of aryl methyl sites for hydroxylation is 2. The second-order valence-corrected chi connectivity index (χ2v) is 5.42. The van der Waals surface area contributed by atoms with Crippen molar-refractivity contribution in [3.05, 3.63) is 31.3 Å². The molecule has 5 nitrogen and oxygen atoms in total. The Morgan fingerprint density at radius 1 is 1.18 bits per heavy atom. The lowest BCUT2D eigenvalue weighted by molar-refractivity contribution is 0.162. The van der Waals surface area contributed by atoms with Crippen LogP contribution in [-0.2, 0) is 12.8 Å². The van der Waals surface area contributed by atoms with Gasteiger partial charge in [0.1, 0.15) is 4.83 Å². The van der Waals surface area contributed by atoms with Crippen molar-refractivity contribution in [1.29, 1.82) is 0 Å². The molecule has 0 bridgehead atoms. The zero-order valence-electron chi connectivity index (χ0n) is 9.15. The Bertz CT molecular complexity index is 695. The minimum absolute atomic E-state index is 0.167. The summed E-state index contributed by atoms with van der Waals surface area (Å²) in [5.74, 6) is 0. The Morgan fingerprint density at radius 3 is 2.76 bits per heavy atom. The molecule has 2 aromatic heterocycles. The molecule has 0 unspecified atom stereocenters. The summed E-state index contributed by atoms with van der Waals surface area (Å²) in [6.07, 6.45) is 5.16. The molecule has 0 amide bonds. The Morgan fingerprint density at radius 2 is 1.94 bits per heavy atom. The minimum atomic E-state index is -0.765. The van der Waals surface area contributed by atoms with Gasteiger partial charge in [-0.15, -0.1) is 11.3 Å². The number of fused-ring (bicyclic) bond motifs is 3. The molecule has 1 aliphatic carbocycles. The number of hydrogen-bond donors (Lipinski definition) is 2. The van der Waals surface area contributed by atoms with Crippen LogP contribution in [-0.4, -0.2) is 14.9 Å². The monoisotopic (exact) mass is 252 g/mol. The predicted molar refractivity (Wildman–Crippen MR) is 65.1 cm³/mol. The summed E-state index contributed by atoms with van der Waals surface area (Å²) in [5, 5.41) is 9.85. The Hall–Kier alpha value is -1.56. The molecule has 3 rings (SSSR count). The molecule has 2 aromatic rings. The second-order valence-electron chi connectivity index (χ2n) is 4.32. The van der Waals surface area contributed by atoms with Gasteiger partial charge in [-0.05, 0) is 31.2 Å². The van der Waals surface area contributed by atoms with Crippen LogP contribution in [0.4, 0.5) is 0 Å². The van der Waals surface area contributed by atoms with Gasteiger partial charge >= 0.3 is 5.69 Å². The first-order valence-electron chi connectivity index (χ1n) is 5.67. The van der Waals surface area contributed by atoms with Crippen LogP contribution in [0, 0.1) is 0 Å². The smallest absolute Gasteiger partial charge is 0.362 e. The highest BCUT2D eigenvalue weighted by Crippen LogP contribution is 2.32. The van der Waals surface area contributed by atoms with Gasteiger partial charge in [0.2, 0.25) is 0 Å². The van der Waals surface area contributed by atoms with E-state index in [1.807, 2.05) is 0 Å². The van der Waals surface area contributed by atoms with Crippen LogP contribution in [0.1, 0.15) is 29.7 Å². The number of nitrogens with one attached hydrogen (secondary N) is 1. The van der Waals surface area contributed by atoms with Crippen molar-refractivity contribution in [2.24, 2.45) is 0 Å². The number of H-pyrrole nitrogens is 1. The fraction of sp³-hybridized carbons (Fsp3) is 0.455. The maximum absolute atomic E-state index is 11.9. The maximum atomic E-state index is 11.9. The predicted octanol–water partition coefficient (Wildman–Crippen LogP) is 1.26. The third-order valence-electron chi connectivity index (χ3n) is 3.24. The molecule has 0 saturated heterocycles. The van der Waals surface area contributed by atoms with E-state index in [1.165, 1.54) is 22.6 Å². The average molecular weight is 252 g/mol. The number of thiophene rings is 1. The highest BCUT2D eigenvalue weighted by molar-refractivity contribution is 7.18. The van der Waals surface area contributed by atoms with Crippen molar-refractivity contribution in [3.63, 3.8) is 0 Å². The molecule has 17 heavy (non-hydrogen) atoms. The van der Waals surface area contributed by atoms with E-state index in [9.17, 15) is 14.8 Å². The van der Waals surface area contributed by atoms with Crippen LogP contribution < -0.4 is 11.2 Å². The molecule has 2 N–H and O–H groups in total. The standard InChI is InChI=1S/C11H12N2O3S/c14-10-8-6-4-2-1-3-5-7(6)17-9(8)12-11(15)13(10)16/h16H,1-5H2,(H,12,15).